The predicted molar refractivity (Wildman–Crippen MR) is 96.8 cm³/mol. The molecule has 0 aliphatic carbocycles. The van der Waals surface area contributed by atoms with Crippen LogP contribution in [0, 0.1) is 5.92 Å². The molecule has 0 aromatic rings. The molecular formula is C17H35N3O5. The number of rotatable bonds is 18. The van der Waals surface area contributed by atoms with Gasteiger partial charge in [0.1, 0.15) is 0 Å². The Bertz CT molecular complexity index is 338. The predicted octanol–water partition coefficient (Wildman–Crippen LogP) is 3.20. The van der Waals surface area contributed by atoms with Gasteiger partial charge in [-0.2, -0.15) is 0 Å². The number of ether oxygens (including phenoxy) is 5. The second kappa shape index (κ2) is 17.9. The Morgan fingerprint density at radius 1 is 0.920 bits per heavy atom. The van der Waals surface area contributed by atoms with Gasteiger partial charge in [0, 0.05) is 25.2 Å². The maximum absolute atomic E-state index is 8.41. The van der Waals surface area contributed by atoms with E-state index in [0.717, 1.165) is 13.0 Å². The van der Waals surface area contributed by atoms with Gasteiger partial charge in [0.2, 0.25) is 0 Å². The minimum Gasteiger partial charge on any atom is -0.382 e. The molecule has 0 saturated carbocycles. The minimum absolute atomic E-state index is 0.00536. The Morgan fingerprint density at radius 3 is 2.16 bits per heavy atom. The van der Waals surface area contributed by atoms with Crippen LogP contribution in [0.4, 0.5) is 0 Å². The van der Waals surface area contributed by atoms with Crippen LogP contribution in [0.3, 0.4) is 0 Å². The van der Waals surface area contributed by atoms with Gasteiger partial charge in [-0.1, -0.05) is 19.0 Å². The molecule has 0 rings (SSSR count). The first-order chi connectivity index (χ1) is 12.1. The smallest absolute Gasteiger partial charge is 0.0704 e. The first kappa shape index (κ1) is 24.1. The molecule has 8 nitrogen and oxygen atoms in total. The highest BCUT2D eigenvalue weighted by Crippen LogP contribution is 2.11. The fourth-order valence-electron chi connectivity index (χ4n) is 2.05. The SMILES string of the molecule is COCCOCCOCCOC(CCN=[N+]=[N-])CC(C)OCC(C)C. The first-order valence-electron chi connectivity index (χ1n) is 8.98. The van der Waals surface area contributed by atoms with Crippen LogP contribution < -0.4 is 0 Å². The van der Waals surface area contributed by atoms with E-state index in [-0.39, 0.29) is 12.2 Å². The fraction of sp³-hybridized carbons (Fsp3) is 1.00. The van der Waals surface area contributed by atoms with E-state index in [1.54, 1.807) is 7.11 Å². The molecule has 0 aliphatic heterocycles. The van der Waals surface area contributed by atoms with Crippen molar-refractivity contribution in [2.45, 2.75) is 45.8 Å². The Labute approximate surface area is 151 Å². The van der Waals surface area contributed by atoms with E-state index < -0.39 is 0 Å². The van der Waals surface area contributed by atoms with Crippen LogP contribution in [-0.2, 0) is 23.7 Å². The van der Waals surface area contributed by atoms with E-state index in [2.05, 4.69) is 23.9 Å². The summed E-state index contributed by atoms with van der Waals surface area (Å²) in [7, 11) is 1.64. The van der Waals surface area contributed by atoms with Crippen LogP contribution in [-0.4, -0.2) is 72.1 Å². The lowest BCUT2D eigenvalue weighted by Crippen LogP contribution is -2.25. The van der Waals surface area contributed by atoms with Crippen molar-refractivity contribution in [2.24, 2.45) is 11.0 Å². The summed E-state index contributed by atoms with van der Waals surface area (Å²) < 4.78 is 27.3. The Kier molecular flexibility index (Phi) is 17.3. The van der Waals surface area contributed by atoms with E-state index in [4.69, 9.17) is 29.2 Å². The quantitative estimate of drug-likeness (QED) is 0.162. The Hall–Kier alpha value is -0.890. The van der Waals surface area contributed by atoms with Crippen molar-refractivity contribution < 1.29 is 23.7 Å². The molecule has 0 fully saturated rings. The number of nitrogens with zero attached hydrogens (tertiary/aromatic N) is 3. The minimum atomic E-state index is -0.00536. The van der Waals surface area contributed by atoms with E-state index in [9.17, 15) is 0 Å². The lowest BCUT2D eigenvalue weighted by atomic mass is 10.1. The van der Waals surface area contributed by atoms with E-state index in [1.807, 2.05) is 6.92 Å². The average molecular weight is 361 g/mol. The van der Waals surface area contributed by atoms with Crippen LogP contribution >= 0.6 is 0 Å². The van der Waals surface area contributed by atoms with Crippen LogP contribution in [0.25, 0.3) is 10.4 Å². The standard InChI is InChI=1S/C17H35N3O5/c1-15(2)14-25-16(3)13-17(5-6-19-20-18)24-12-11-23-10-9-22-8-7-21-4/h15-17H,5-14H2,1-4H3. The molecule has 2 unspecified atom stereocenters. The Morgan fingerprint density at radius 2 is 1.56 bits per heavy atom. The molecule has 148 valence electrons. The molecule has 0 spiro atoms. The zero-order chi connectivity index (χ0) is 18.8. The van der Waals surface area contributed by atoms with Gasteiger partial charge in [-0.3, -0.25) is 0 Å². The molecule has 0 bridgehead atoms. The van der Waals surface area contributed by atoms with Gasteiger partial charge in [-0.25, -0.2) is 0 Å². The topological polar surface area (TPSA) is 94.9 Å². The van der Waals surface area contributed by atoms with Gasteiger partial charge in [-0.15, -0.1) is 0 Å². The van der Waals surface area contributed by atoms with E-state index in [0.29, 0.717) is 58.5 Å². The number of methoxy groups -OCH3 is 1. The monoisotopic (exact) mass is 361 g/mol. The molecule has 0 amide bonds. The molecule has 2 atom stereocenters. The largest absolute Gasteiger partial charge is 0.382 e. The molecule has 25 heavy (non-hydrogen) atoms. The zero-order valence-electron chi connectivity index (χ0n) is 16.2. The molecule has 0 radical (unpaired) electrons. The second-order valence-corrected chi connectivity index (χ2v) is 6.23. The third-order valence-electron chi connectivity index (χ3n) is 3.31. The summed E-state index contributed by atoms with van der Waals surface area (Å²) in [5, 5.41) is 3.59. The number of hydrogen-bond donors (Lipinski definition) is 0. The lowest BCUT2D eigenvalue weighted by Gasteiger charge is -2.22. The fourth-order valence-corrected chi connectivity index (χ4v) is 2.05. The molecule has 0 saturated heterocycles. The maximum Gasteiger partial charge on any atom is 0.0704 e. The highest BCUT2D eigenvalue weighted by atomic mass is 16.6. The van der Waals surface area contributed by atoms with Crippen LogP contribution in [0.1, 0.15) is 33.6 Å². The molecule has 0 N–H and O–H groups in total. The van der Waals surface area contributed by atoms with Crippen LogP contribution in [0.2, 0.25) is 0 Å². The third-order valence-corrected chi connectivity index (χ3v) is 3.31. The third kappa shape index (κ3) is 17.7. The highest BCUT2D eigenvalue weighted by molar-refractivity contribution is 4.66. The molecule has 0 aliphatic rings. The van der Waals surface area contributed by atoms with E-state index in [1.165, 1.54) is 0 Å². The van der Waals surface area contributed by atoms with Gasteiger partial charge < -0.3 is 23.7 Å². The van der Waals surface area contributed by atoms with Gasteiger partial charge in [0.15, 0.2) is 0 Å². The van der Waals surface area contributed by atoms with Crippen LogP contribution in [0.15, 0.2) is 5.11 Å². The van der Waals surface area contributed by atoms with Crippen molar-refractivity contribution in [3.8, 4) is 0 Å². The number of hydrogen-bond acceptors (Lipinski definition) is 6. The van der Waals surface area contributed by atoms with Crippen molar-refractivity contribution >= 4 is 0 Å². The van der Waals surface area contributed by atoms with Crippen molar-refractivity contribution in [2.75, 3.05) is 59.9 Å². The van der Waals surface area contributed by atoms with E-state index >= 15 is 0 Å². The van der Waals surface area contributed by atoms with Crippen molar-refractivity contribution in [1.29, 1.82) is 0 Å². The summed E-state index contributed by atoms with van der Waals surface area (Å²) in [5.41, 5.74) is 8.41. The summed E-state index contributed by atoms with van der Waals surface area (Å²) in [5.74, 6) is 0.504. The molecule has 8 heteroatoms. The summed E-state index contributed by atoms with van der Waals surface area (Å²) in [6.45, 7) is 10.7. The summed E-state index contributed by atoms with van der Waals surface area (Å²) in [4.78, 5) is 2.79. The normalized spacial score (nSPS) is 13.6. The van der Waals surface area contributed by atoms with Crippen LogP contribution in [0.5, 0.6) is 0 Å². The zero-order valence-corrected chi connectivity index (χ0v) is 16.2. The first-order valence-corrected chi connectivity index (χ1v) is 8.98. The van der Waals surface area contributed by atoms with Crippen molar-refractivity contribution in [1.82, 2.24) is 0 Å². The molecule has 0 heterocycles. The van der Waals surface area contributed by atoms with Crippen molar-refractivity contribution in [3.05, 3.63) is 10.4 Å². The molecular weight excluding hydrogens is 326 g/mol. The van der Waals surface area contributed by atoms with Gasteiger partial charge in [-0.05, 0) is 31.2 Å². The van der Waals surface area contributed by atoms with Crippen molar-refractivity contribution in [3.63, 3.8) is 0 Å². The summed E-state index contributed by atoms with van der Waals surface area (Å²) in [6, 6.07) is 0. The lowest BCUT2D eigenvalue weighted by molar-refractivity contribution is -0.0427. The maximum atomic E-state index is 8.41. The van der Waals surface area contributed by atoms with Gasteiger partial charge in [0.05, 0.1) is 51.8 Å². The number of azide groups is 1. The molecule has 0 aromatic carbocycles. The highest BCUT2D eigenvalue weighted by Gasteiger charge is 2.14. The Balaban J connectivity index is 3.88. The average Bonchev–Trinajstić information content (AvgIpc) is 2.58. The van der Waals surface area contributed by atoms with Gasteiger partial charge >= 0.3 is 0 Å². The second-order valence-electron chi connectivity index (χ2n) is 6.23. The summed E-state index contributed by atoms with van der Waals surface area (Å²) in [6.07, 6.45) is 1.55. The molecule has 0 aromatic heterocycles. The van der Waals surface area contributed by atoms with Gasteiger partial charge in [0.25, 0.3) is 0 Å². The summed E-state index contributed by atoms with van der Waals surface area (Å²) >= 11 is 0.